The van der Waals surface area contributed by atoms with Crippen LogP contribution in [-0.4, -0.2) is 16.0 Å². The highest BCUT2D eigenvalue weighted by Gasteiger charge is 2.24. The molecule has 0 spiro atoms. The Labute approximate surface area is 164 Å². The van der Waals surface area contributed by atoms with Crippen molar-refractivity contribution in [1.29, 1.82) is 0 Å². The Hall–Kier alpha value is -2.84. The molecule has 0 aliphatic heterocycles. The third kappa shape index (κ3) is 4.02. The van der Waals surface area contributed by atoms with Gasteiger partial charge in [0.15, 0.2) is 0 Å². The van der Waals surface area contributed by atoms with Gasteiger partial charge in [-0.1, -0.05) is 6.07 Å². The van der Waals surface area contributed by atoms with Gasteiger partial charge >= 0.3 is 0 Å². The molecule has 0 aliphatic rings. The number of benzene rings is 1. The monoisotopic (exact) mass is 402 g/mol. The second-order valence-corrected chi connectivity index (χ2v) is 7.78. The number of halogens is 2. The molecule has 0 aliphatic carbocycles. The molecule has 0 saturated heterocycles. The Morgan fingerprint density at radius 1 is 1.25 bits per heavy atom. The lowest BCUT2D eigenvalue weighted by Crippen LogP contribution is -2.16. The van der Waals surface area contributed by atoms with Crippen molar-refractivity contribution in [2.45, 2.75) is 19.4 Å². The number of pyridine rings is 1. The average molecular weight is 402 g/mol. The first-order valence-electron chi connectivity index (χ1n) is 8.28. The third-order valence-electron chi connectivity index (χ3n) is 4.04. The Morgan fingerprint density at radius 3 is 2.43 bits per heavy atom. The second kappa shape index (κ2) is 7.29. The number of rotatable bonds is 5. The highest BCUT2D eigenvalue weighted by Crippen LogP contribution is 2.40. The topological polar surface area (TPSA) is 88.2 Å². The summed E-state index contributed by atoms with van der Waals surface area (Å²) >= 11 is 0.968. The number of aromatic nitrogens is 1. The number of nitrogens with one attached hydrogen (secondary N) is 1. The maximum atomic E-state index is 14.6. The van der Waals surface area contributed by atoms with Crippen LogP contribution in [0.25, 0.3) is 10.4 Å². The smallest absolute Gasteiger partial charge is 0.251 e. The van der Waals surface area contributed by atoms with E-state index in [4.69, 9.17) is 5.73 Å². The molecule has 4 N–H and O–H groups in total. The van der Waals surface area contributed by atoms with Gasteiger partial charge in [-0.3, -0.25) is 4.79 Å². The molecule has 3 aromatic rings. The summed E-state index contributed by atoms with van der Waals surface area (Å²) in [5.41, 5.74) is 4.43. The molecule has 5 nitrogen and oxygen atoms in total. The first-order valence-corrected chi connectivity index (χ1v) is 9.10. The van der Waals surface area contributed by atoms with Gasteiger partial charge in [-0.15, -0.1) is 11.3 Å². The predicted octanol–water partition coefficient (Wildman–Crippen LogP) is 4.34. The Balaban J connectivity index is 2.08. The van der Waals surface area contributed by atoms with E-state index in [1.807, 2.05) is 0 Å². The number of aliphatic hydroxyl groups is 1. The lowest BCUT2D eigenvalue weighted by Gasteiger charge is -2.18. The fraction of sp³-hybridized carbons (Fsp3) is 0.150. The maximum absolute atomic E-state index is 14.6. The average Bonchev–Trinajstić information content (AvgIpc) is 2.97. The van der Waals surface area contributed by atoms with Crippen LogP contribution in [0.15, 0.2) is 36.4 Å². The molecule has 0 fully saturated rings. The van der Waals surface area contributed by atoms with Crippen LogP contribution in [0.4, 0.5) is 19.6 Å². The Morgan fingerprint density at radius 2 is 1.89 bits per heavy atom. The largest absolute Gasteiger partial charge is 0.386 e. The van der Waals surface area contributed by atoms with Crippen molar-refractivity contribution in [3.63, 3.8) is 0 Å². The van der Waals surface area contributed by atoms with E-state index in [2.05, 4.69) is 17.2 Å². The van der Waals surface area contributed by atoms with Gasteiger partial charge in [0.1, 0.15) is 22.5 Å². The Kier molecular flexibility index (Phi) is 5.18. The molecule has 1 aromatic carbocycles. The molecule has 145 valence electrons. The number of primary amides is 1. The van der Waals surface area contributed by atoms with E-state index < -0.39 is 23.1 Å². The summed E-state index contributed by atoms with van der Waals surface area (Å²) in [6.07, 6.45) is 0. The van der Waals surface area contributed by atoms with Crippen molar-refractivity contribution in [1.82, 2.24) is 4.98 Å². The second-order valence-electron chi connectivity index (χ2n) is 6.73. The van der Waals surface area contributed by atoms with Crippen molar-refractivity contribution in [3.05, 3.63) is 71.8 Å². The molecule has 0 unspecified atom stereocenters. The van der Waals surface area contributed by atoms with Crippen molar-refractivity contribution < 1.29 is 18.7 Å². The lowest BCUT2D eigenvalue weighted by atomic mass is 9.96. The summed E-state index contributed by atoms with van der Waals surface area (Å²) in [7, 11) is 0. The summed E-state index contributed by atoms with van der Waals surface area (Å²) < 4.78 is 29.3. The zero-order valence-electron chi connectivity index (χ0n) is 15.2. The van der Waals surface area contributed by atoms with Crippen LogP contribution < -0.4 is 11.1 Å². The minimum atomic E-state index is -1.40. The summed E-state index contributed by atoms with van der Waals surface area (Å²) in [6, 6.07) is 8.57. The zero-order valence-corrected chi connectivity index (χ0v) is 16.0. The lowest BCUT2D eigenvalue weighted by molar-refractivity contribution is 0.0778. The molecule has 0 saturated carbocycles. The minimum Gasteiger partial charge on any atom is -0.386 e. The van der Waals surface area contributed by atoms with Crippen molar-refractivity contribution >= 4 is 28.1 Å². The molecule has 2 aromatic heterocycles. The van der Waals surface area contributed by atoms with Gasteiger partial charge in [-0.2, -0.15) is 0 Å². The molecule has 8 heteroatoms. The molecule has 0 bridgehead atoms. The van der Waals surface area contributed by atoms with E-state index in [-0.39, 0.29) is 21.6 Å². The molecule has 0 atom stereocenters. The quantitative estimate of drug-likeness (QED) is 0.592. The van der Waals surface area contributed by atoms with E-state index in [0.717, 1.165) is 23.5 Å². The van der Waals surface area contributed by atoms with E-state index >= 15 is 0 Å². The molecule has 28 heavy (non-hydrogen) atoms. The fourth-order valence-corrected chi connectivity index (χ4v) is 3.74. The van der Waals surface area contributed by atoms with Crippen LogP contribution in [0.5, 0.6) is 0 Å². The molecule has 1 radical (unpaired) electrons. The third-order valence-corrected chi connectivity index (χ3v) is 5.11. The summed E-state index contributed by atoms with van der Waals surface area (Å²) in [5, 5.41) is 13.2. The predicted molar refractivity (Wildman–Crippen MR) is 105 cm³/mol. The van der Waals surface area contributed by atoms with Crippen LogP contribution in [0.2, 0.25) is 0 Å². The molecule has 3 rings (SSSR count). The van der Waals surface area contributed by atoms with Gasteiger partial charge in [0, 0.05) is 10.6 Å². The molecule has 2 heterocycles. The van der Waals surface area contributed by atoms with Gasteiger partial charge in [0.25, 0.3) is 5.91 Å². The van der Waals surface area contributed by atoms with Crippen LogP contribution in [-0.2, 0) is 5.60 Å². The van der Waals surface area contributed by atoms with Crippen LogP contribution in [0, 0.1) is 18.6 Å². The van der Waals surface area contributed by atoms with Crippen LogP contribution in [0.1, 0.15) is 35.5 Å². The van der Waals surface area contributed by atoms with Gasteiger partial charge in [0.2, 0.25) is 0 Å². The number of nitrogens with two attached hydrogens (primary N) is 1. The Bertz CT molecular complexity index is 1030. The fourth-order valence-electron chi connectivity index (χ4n) is 2.62. The zero-order chi connectivity index (χ0) is 20.6. The summed E-state index contributed by atoms with van der Waals surface area (Å²) in [5.74, 6) is -2.02. The van der Waals surface area contributed by atoms with Crippen molar-refractivity contribution in [2.75, 3.05) is 5.32 Å². The number of carbonyl (C=O) groups is 1. The number of carbonyl (C=O) groups excluding carboxylic acids is 1. The van der Waals surface area contributed by atoms with E-state index in [1.54, 1.807) is 18.2 Å². The maximum Gasteiger partial charge on any atom is 0.251 e. The van der Waals surface area contributed by atoms with Crippen LogP contribution in [0.3, 0.4) is 0 Å². The molecule has 1 amide bonds. The van der Waals surface area contributed by atoms with E-state index in [9.17, 15) is 18.7 Å². The highest BCUT2D eigenvalue weighted by molar-refractivity contribution is 7.20. The first-order chi connectivity index (χ1) is 13.1. The standard InChI is InChI=1S/C20H18F2N3O2S/c1-10-5-4-6-16(24-10)25-19-12(18(23)26)9-15(28-19)17-13(21)7-11(8-14(17)22)20(2,3)27/h4-9,27H,1H2,2-3H3,(H2,23,26)(H,24,25). The summed E-state index contributed by atoms with van der Waals surface area (Å²) in [6.45, 7) is 6.59. The number of amides is 1. The van der Waals surface area contributed by atoms with Gasteiger partial charge in [-0.25, -0.2) is 13.8 Å². The number of hydrogen-bond acceptors (Lipinski definition) is 5. The number of hydrogen-bond donors (Lipinski definition) is 3. The van der Waals surface area contributed by atoms with E-state index in [1.165, 1.54) is 19.9 Å². The van der Waals surface area contributed by atoms with Gasteiger partial charge in [-0.05, 0) is 56.7 Å². The van der Waals surface area contributed by atoms with Gasteiger partial charge in [0.05, 0.1) is 16.7 Å². The SMILES string of the molecule is [CH2]c1cccc(Nc2sc(-c3c(F)cc(C(C)(C)O)cc3F)cc2C(N)=O)n1. The van der Waals surface area contributed by atoms with Crippen molar-refractivity contribution in [2.24, 2.45) is 5.73 Å². The number of thiophene rings is 1. The van der Waals surface area contributed by atoms with Crippen LogP contribution >= 0.6 is 11.3 Å². The first kappa shape index (κ1) is 19.9. The number of nitrogens with zero attached hydrogens (tertiary/aromatic N) is 1. The van der Waals surface area contributed by atoms with Crippen molar-refractivity contribution in [3.8, 4) is 10.4 Å². The highest BCUT2D eigenvalue weighted by atomic mass is 32.1. The molecular weight excluding hydrogens is 384 g/mol. The summed E-state index contributed by atoms with van der Waals surface area (Å²) in [4.78, 5) is 16.2. The minimum absolute atomic E-state index is 0.0848. The molecular formula is C20H18F2N3O2S. The van der Waals surface area contributed by atoms with Gasteiger partial charge < -0.3 is 16.2 Å². The normalized spacial score (nSPS) is 11.5. The van der Waals surface area contributed by atoms with E-state index in [0.29, 0.717) is 16.5 Å². The number of anilines is 2.